The van der Waals surface area contributed by atoms with E-state index < -0.39 is 0 Å². The van der Waals surface area contributed by atoms with Gasteiger partial charge in [-0.25, -0.2) is 0 Å². The lowest BCUT2D eigenvalue weighted by Gasteiger charge is -2.36. The SMILES string of the molecule is CC1(c2nc(C3CSCCO3)no2)CCCCC1N. The van der Waals surface area contributed by atoms with Crippen LogP contribution in [0.5, 0.6) is 0 Å². The summed E-state index contributed by atoms with van der Waals surface area (Å²) in [5.74, 6) is 3.32. The lowest BCUT2D eigenvalue weighted by molar-refractivity contribution is 0.0677. The Balaban J connectivity index is 1.79. The van der Waals surface area contributed by atoms with Crippen molar-refractivity contribution in [2.24, 2.45) is 5.73 Å². The topological polar surface area (TPSA) is 74.2 Å². The average Bonchev–Trinajstić information content (AvgIpc) is 2.94. The highest BCUT2D eigenvalue weighted by molar-refractivity contribution is 7.99. The van der Waals surface area contributed by atoms with Crippen LogP contribution in [0.25, 0.3) is 0 Å². The van der Waals surface area contributed by atoms with Gasteiger partial charge >= 0.3 is 0 Å². The van der Waals surface area contributed by atoms with Gasteiger partial charge in [-0.15, -0.1) is 0 Å². The van der Waals surface area contributed by atoms with E-state index in [0.29, 0.717) is 11.7 Å². The van der Waals surface area contributed by atoms with E-state index in [-0.39, 0.29) is 17.6 Å². The Hall–Kier alpha value is -0.590. The number of hydrogen-bond donors (Lipinski definition) is 1. The maximum absolute atomic E-state index is 6.27. The highest BCUT2D eigenvalue weighted by atomic mass is 32.2. The van der Waals surface area contributed by atoms with Gasteiger partial charge in [0.05, 0.1) is 12.0 Å². The number of nitrogens with zero attached hydrogens (tertiary/aromatic N) is 2. The molecule has 1 saturated heterocycles. The molecule has 3 atom stereocenters. The molecule has 1 aromatic heterocycles. The first kappa shape index (κ1) is 13.4. The summed E-state index contributed by atoms with van der Waals surface area (Å²) in [7, 11) is 0. The molecular formula is C13H21N3O2S. The summed E-state index contributed by atoms with van der Waals surface area (Å²) in [6, 6.07) is 0.108. The maximum Gasteiger partial charge on any atom is 0.234 e. The Bertz CT molecular complexity index is 433. The number of ether oxygens (including phenoxy) is 1. The van der Waals surface area contributed by atoms with Gasteiger partial charge in [-0.3, -0.25) is 0 Å². The van der Waals surface area contributed by atoms with Crippen LogP contribution in [0.15, 0.2) is 4.52 Å². The van der Waals surface area contributed by atoms with Crippen molar-refractivity contribution in [2.45, 2.75) is 50.2 Å². The Morgan fingerprint density at radius 3 is 3.05 bits per heavy atom. The molecular weight excluding hydrogens is 262 g/mol. The van der Waals surface area contributed by atoms with Crippen molar-refractivity contribution in [1.29, 1.82) is 0 Å². The Morgan fingerprint density at radius 2 is 2.32 bits per heavy atom. The number of aromatic nitrogens is 2. The third kappa shape index (κ3) is 2.53. The minimum absolute atomic E-state index is 0.0281. The third-order valence-electron chi connectivity index (χ3n) is 4.31. The van der Waals surface area contributed by atoms with Gasteiger partial charge in [-0.05, 0) is 19.8 Å². The monoisotopic (exact) mass is 283 g/mol. The van der Waals surface area contributed by atoms with Crippen LogP contribution < -0.4 is 5.73 Å². The van der Waals surface area contributed by atoms with Crippen molar-refractivity contribution < 1.29 is 9.26 Å². The molecule has 1 aromatic rings. The molecule has 0 amide bonds. The lowest BCUT2D eigenvalue weighted by Crippen LogP contribution is -2.45. The van der Waals surface area contributed by atoms with Crippen molar-refractivity contribution >= 4 is 11.8 Å². The molecule has 0 bridgehead atoms. The third-order valence-corrected chi connectivity index (χ3v) is 5.31. The van der Waals surface area contributed by atoms with Crippen molar-refractivity contribution in [2.75, 3.05) is 18.1 Å². The summed E-state index contributed by atoms with van der Waals surface area (Å²) in [5, 5.41) is 4.11. The van der Waals surface area contributed by atoms with Crippen LogP contribution in [0.2, 0.25) is 0 Å². The second kappa shape index (κ2) is 5.42. The van der Waals surface area contributed by atoms with Crippen LogP contribution in [-0.2, 0) is 10.2 Å². The molecule has 1 saturated carbocycles. The predicted molar refractivity (Wildman–Crippen MR) is 74.1 cm³/mol. The molecule has 3 unspecified atom stereocenters. The van der Waals surface area contributed by atoms with Crippen LogP contribution in [0.4, 0.5) is 0 Å². The molecule has 1 aliphatic heterocycles. The zero-order valence-electron chi connectivity index (χ0n) is 11.3. The van der Waals surface area contributed by atoms with E-state index in [1.165, 1.54) is 12.8 Å². The first-order chi connectivity index (χ1) is 9.20. The largest absolute Gasteiger partial charge is 0.368 e. The standard InChI is InChI=1S/C13H21N3O2S/c1-13(5-3-2-4-10(13)14)12-15-11(16-18-12)9-8-19-7-6-17-9/h9-10H,2-8,14H2,1H3. The molecule has 0 radical (unpaired) electrons. The van der Waals surface area contributed by atoms with E-state index in [9.17, 15) is 0 Å². The summed E-state index contributed by atoms with van der Waals surface area (Å²) in [6.45, 7) is 2.90. The number of rotatable bonds is 2. The highest BCUT2D eigenvalue weighted by Crippen LogP contribution is 2.38. The summed E-state index contributed by atoms with van der Waals surface area (Å²) in [6.07, 6.45) is 4.40. The fourth-order valence-corrected chi connectivity index (χ4v) is 3.70. The minimum Gasteiger partial charge on any atom is -0.368 e. The first-order valence-corrected chi connectivity index (χ1v) is 8.14. The van der Waals surface area contributed by atoms with Gasteiger partial charge in [-0.1, -0.05) is 18.0 Å². The molecule has 3 rings (SSSR count). The normalized spacial score (nSPS) is 36.3. The highest BCUT2D eigenvalue weighted by Gasteiger charge is 2.41. The molecule has 0 aromatic carbocycles. The summed E-state index contributed by atoms with van der Waals surface area (Å²) >= 11 is 1.87. The lowest BCUT2D eigenvalue weighted by atomic mass is 9.72. The summed E-state index contributed by atoms with van der Waals surface area (Å²) in [5.41, 5.74) is 6.09. The molecule has 2 N–H and O–H groups in total. The quantitative estimate of drug-likeness (QED) is 0.895. The van der Waals surface area contributed by atoms with Gasteiger partial charge in [0.1, 0.15) is 6.10 Å². The molecule has 106 valence electrons. The molecule has 1 aliphatic carbocycles. The second-order valence-electron chi connectivity index (χ2n) is 5.66. The predicted octanol–water partition coefficient (Wildman–Crippen LogP) is 2.03. The van der Waals surface area contributed by atoms with Crippen LogP contribution in [-0.4, -0.2) is 34.3 Å². The Labute approximate surface area is 117 Å². The van der Waals surface area contributed by atoms with E-state index in [1.807, 2.05) is 11.8 Å². The molecule has 2 heterocycles. The molecule has 5 nitrogen and oxygen atoms in total. The fraction of sp³-hybridized carbons (Fsp3) is 0.846. The van der Waals surface area contributed by atoms with Crippen LogP contribution >= 0.6 is 11.8 Å². The van der Waals surface area contributed by atoms with Gasteiger partial charge in [0.15, 0.2) is 0 Å². The number of nitrogens with two attached hydrogens (primary N) is 1. The number of hydrogen-bond acceptors (Lipinski definition) is 6. The molecule has 0 spiro atoms. The second-order valence-corrected chi connectivity index (χ2v) is 6.81. The van der Waals surface area contributed by atoms with E-state index >= 15 is 0 Å². The smallest absolute Gasteiger partial charge is 0.234 e. The maximum atomic E-state index is 6.27. The van der Waals surface area contributed by atoms with E-state index in [4.69, 9.17) is 15.0 Å². The van der Waals surface area contributed by atoms with Crippen LogP contribution in [0.3, 0.4) is 0 Å². The first-order valence-electron chi connectivity index (χ1n) is 6.99. The molecule has 2 aliphatic rings. The average molecular weight is 283 g/mol. The van der Waals surface area contributed by atoms with Crippen LogP contribution in [0, 0.1) is 0 Å². The zero-order chi connectivity index (χ0) is 13.3. The Kier molecular flexibility index (Phi) is 3.82. The summed E-state index contributed by atoms with van der Waals surface area (Å²) in [4.78, 5) is 4.58. The Morgan fingerprint density at radius 1 is 1.42 bits per heavy atom. The van der Waals surface area contributed by atoms with E-state index in [0.717, 1.165) is 31.0 Å². The van der Waals surface area contributed by atoms with Gasteiger partial charge in [0.2, 0.25) is 11.7 Å². The van der Waals surface area contributed by atoms with Crippen molar-refractivity contribution in [3.05, 3.63) is 11.7 Å². The number of thioether (sulfide) groups is 1. The minimum atomic E-state index is -0.175. The van der Waals surface area contributed by atoms with Crippen molar-refractivity contribution in [3.8, 4) is 0 Å². The van der Waals surface area contributed by atoms with Gasteiger partial charge in [0, 0.05) is 17.5 Å². The molecule has 2 fully saturated rings. The van der Waals surface area contributed by atoms with Crippen molar-refractivity contribution in [3.63, 3.8) is 0 Å². The fourth-order valence-electron chi connectivity index (χ4n) is 2.86. The van der Waals surface area contributed by atoms with E-state index in [2.05, 4.69) is 17.1 Å². The molecule has 6 heteroatoms. The van der Waals surface area contributed by atoms with Crippen molar-refractivity contribution in [1.82, 2.24) is 10.1 Å². The van der Waals surface area contributed by atoms with Crippen LogP contribution in [0.1, 0.15) is 50.4 Å². The van der Waals surface area contributed by atoms with Gasteiger partial charge in [0.25, 0.3) is 0 Å². The van der Waals surface area contributed by atoms with Gasteiger partial charge in [-0.2, -0.15) is 16.7 Å². The summed E-state index contributed by atoms with van der Waals surface area (Å²) < 4.78 is 11.2. The molecule has 19 heavy (non-hydrogen) atoms. The van der Waals surface area contributed by atoms with Gasteiger partial charge < -0.3 is 15.0 Å². The zero-order valence-corrected chi connectivity index (χ0v) is 12.1. The van der Waals surface area contributed by atoms with E-state index in [1.54, 1.807) is 0 Å².